The van der Waals surface area contributed by atoms with Crippen LogP contribution in [0.3, 0.4) is 0 Å². The number of carbonyl (C=O) groups excluding carboxylic acids is 1. The molecule has 0 unspecified atom stereocenters. The lowest BCUT2D eigenvalue weighted by atomic mass is 10.1. The SMILES string of the molecule is CC(=O)c1cc(Cl)cc(Cn2cnc(C)c2C)c1O. The largest absolute Gasteiger partial charge is 0.507 e. The maximum Gasteiger partial charge on any atom is 0.163 e. The molecule has 0 fully saturated rings. The van der Waals surface area contributed by atoms with Gasteiger partial charge in [-0.25, -0.2) is 4.98 Å². The van der Waals surface area contributed by atoms with E-state index >= 15 is 0 Å². The molecule has 0 radical (unpaired) electrons. The molecule has 100 valence electrons. The number of aryl methyl sites for hydroxylation is 1. The van der Waals surface area contributed by atoms with Crippen molar-refractivity contribution in [3.8, 4) is 5.75 Å². The van der Waals surface area contributed by atoms with Gasteiger partial charge < -0.3 is 9.67 Å². The molecule has 19 heavy (non-hydrogen) atoms. The molecular formula is C14H15ClN2O2. The second-order valence-electron chi connectivity index (χ2n) is 4.56. The minimum Gasteiger partial charge on any atom is -0.507 e. The first kappa shape index (κ1) is 13.6. The van der Waals surface area contributed by atoms with Crippen LogP contribution in [0.2, 0.25) is 5.02 Å². The van der Waals surface area contributed by atoms with Gasteiger partial charge in [0, 0.05) is 16.3 Å². The normalized spacial score (nSPS) is 10.7. The van der Waals surface area contributed by atoms with Crippen molar-refractivity contribution in [1.82, 2.24) is 9.55 Å². The molecule has 5 heteroatoms. The number of nitrogens with zero attached hydrogens (tertiary/aromatic N) is 2. The van der Waals surface area contributed by atoms with Crippen LogP contribution in [-0.4, -0.2) is 20.4 Å². The second kappa shape index (κ2) is 5.05. The van der Waals surface area contributed by atoms with Gasteiger partial charge in [-0.05, 0) is 32.9 Å². The Morgan fingerprint density at radius 1 is 1.42 bits per heavy atom. The van der Waals surface area contributed by atoms with Crippen LogP contribution in [-0.2, 0) is 6.54 Å². The van der Waals surface area contributed by atoms with Gasteiger partial charge in [-0.15, -0.1) is 0 Å². The van der Waals surface area contributed by atoms with Crippen molar-refractivity contribution >= 4 is 17.4 Å². The number of halogens is 1. The Morgan fingerprint density at radius 2 is 2.11 bits per heavy atom. The summed E-state index contributed by atoms with van der Waals surface area (Å²) in [5.74, 6) is -0.220. The molecule has 0 spiro atoms. The molecule has 0 saturated heterocycles. The number of rotatable bonds is 3. The van der Waals surface area contributed by atoms with Crippen LogP contribution in [0, 0.1) is 13.8 Å². The number of aromatic nitrogens is 2. The molecule has 0 aliphatic rings. The van der Waals surface area contributed by atoms with E-state index < -0.39 is 0 Å². The molecule has 1 heterocycles. The summed E-state index contributed by atoms with van der Waals surface area (Å²) in [6, 6.07) is 3.15. The monoisotopic (exact) mass is 278 g/mol. The summed E-state index contributed by atoms with van der Waals surface area (Å²) in [6.07, 6.45) is 1.71. The Bertz CT molecular complexity index is 647. The van der Waals surface area contributed by atoms with Crippen LogP contribution in [0.4, 0.5) is 0 Å². The second-order valence-corrected chi connectivity index (χ2v) is 5.00. The number of phenols is 1. The standard InChI is InChI=1S/C14H15ClN2O2/c1-8-9(2)17(7-16-8)6-11-4-12(15)5-13(10(3)18)14(11)19/h4-5,7,19H,6H2,1-3H3. The van der Waals surface area contributed by atoms with Crippen LogP contribution in [0.5, 0.6) is 5.75 Å². The highest BCUT2D eigenvalue weighted by atomic mass is 35.5. The van der Waals surface area contributed by atoms with Crippen molar-refractivity contribution in [2.45, 2.75) is 27.3 Å². The van der Waals surface area contributed by atoms with E-state index in [1.165, 1.54) is 13.0 Å². The topological polar surface area (TPSA) is 55.1 Å². The molecule has 1 aromatic carbocycles. The minimum atomic E-state index is -0.209. The van der Waals surface area contributed by atoms with Crippen LogP contribution in [0.25, 0.3) is 0 Å². The number of Topliss-reactive ketones (excluding diaryl/α,β-unsaturated/α-hetero) is 1. The molecule has 0 aliphatic heterocycles. The van der Waals surface area contributed by atoms with E-state index in [0.29, 0.717) is 17.1 Å². The van der Waals surface area contributed by atoms with Gasteiger partial charge in [0.25, 0.3) is 0 Å². The highest BCUT2D eigenvalue weighted by Crippen LogP contribution is 2.28. The predicted molar refractivity (Wildman–Crippen MR) is 73.9 cm³/mol. The maximum absolute atomic E-state index is 11.5. The van der Waals surface area contributed by atoms with Gasteiger partial charge >= 0.3 is 0 Å². The first-order valence-corrected chi connectivity index (χ1v) is 6.28. The van der Waals surface area contributed by atoms with Gasteiger partial charge in [-0.1, -0.05) is 11.6 Å². The highest BCUT2D eigenvalue weighted by Gasteiger charge is 2.14. The van der Waals surface area contributed by atoms with Crippen molar-refractivity contribution < 1.29 is 9.90 Å². The molecule has 1 N–H and O–H groups in total. The van der Waals surface area contributed by atoms with E-state index in [0.717, 1.165) is 11.4 Å². The molecule has 1 aromatic heterocycles. The number of phenolic OH excluding ortho intramolecular Hbond substituents is 1. The highest BCUT2D eigenvalue weighted by molar-refractivity contribution is 6.31. The number of ketones is 1. The molecule has 2 aromatic rings. The van der Waals surface area contributed by atoms with Crippen LogP contribution >= 0.6 is 11.6 Å². The summed E-state index contributed by atoms with van der Waals surface area (Å²) in [7, 11) is 0. The average Bonchev–Trinajstić information content (AvgIpc) is 2.65. The third kappa shape index (κ3) is 2.63. The van der Waals surface area contributed by atoms with Crippen LogP contribution in [0.15, 0.2) is 18.5 Å². The van der Waals surface area contributed by atoms with E-state index in [1.807, 2.05) is 18.4 Å². The van der Waals surface area contributed by atoms with E-state index in [4.69, 9.17) is 11.6 Å². The number of benzene rings is 1. The Labute approximate surface area is 116 Å². The van der Waals surface area contributed by atoms with Crippen molar-refractivity contribution in [2.75, 3.05) is 0 Å². The number of aromatic hydroxyl groups is 1. The summed E-state index contributed by atoms with van der Waals surface area (Å²) in [5.41, 5.74) is 2.81. The van der Waals surface area contributed by atoms with Crippen molar-refractivity contribution in [2.24, 2.45) is 0 Å². The third-order valence-electron chi connectivity index (χ3n) is 3.22. The molecular weight excluding hydrogens is 264 g/mol. The summed E-state index contributed by atoms with van der Waals surface area (Å²) < 4.78 is 1.91. The van der Waals surface area contributed by atoms with Crippen LogP contribution < -0.4 is 0 Å². The quantitative estimate of drug-likeness (QED) is 0.878. The zero-order valence-electron chi connectivity index (χ0n) is 11.1. The molecule has 0 saturated carbocycles. The van der Waals surface area contributed by atoms with E-state index in [9.17, 15) is 9.90 Å². The smallest absolute Gasteiger partial charge is 0.163 e. The fourth-order valence-electron chi connectivity index (χ4n) is 1.93. The Balaban J connectivity index is 2.46. The van der Waals surface area contributed by atoms with E-state index in [2.05, 4.69) is 4.98 Å². The summed E-state index contributed by atoms with van der Waals surface area (Å²) in [5, 5.41) is 10.6. The average molecular weight is 279 g/mol. The van der Waals surface area contributed by atoms with Gasteiger partial charge in [0.15, 0.2) is 5.78 Å². The number of hydrogen-bond donors (Lipinski definition) is 1. The van der Waals surface area contributed by atoms with Gasteiger partial charge in [-0.2, -0.15) is 0 Å². The molecule has 0 amide bonds. The zero-order valence-corrected chi connectivity index (χ0v) is 11.8. The lowest BCUT2D eigenvalue weighted by Gasteiger charge is -2.11. The fourth-order valence-corrected chi connectivity index (χ4v) is 2.17. The molecule has 2 rings (SSSR count). The van der Waals surface area contributed by atoms with Gasteiger partial charge in [0.2, 0.25) is 0 Å². The first-order valence-electron chi connectivity index (χ1n) is 5.90. The van der Waals surface area contributed by atoms with Crippen molar-refractivity contribution in [3.05, 3.63) is 46.0 Å². The first-order chi connectivity index (χ1) is 8.90. The van der Waals surface area contributed by atoms with Gasteiger partial charge in [-0.3, -0.25) is 4.79 Å². The Kier molecular flexibility index (Phi) is 3.62. The molecule has 0 atom stereocenters. The third-order valence-corrected chi connectivity index (χ3v) is 3.44. The molecule has 0 aliphatic carbocycles. The summed E-state index contributed by atoms with van der Waals surface area (Å²) in [4.78, 5) is 15.7. The van der Waals surface area contributed by atoms with Gasteiger partial charge in [0.1, 0.15) is 5.75 Å². The fraction of sp³-hybridized carbons (Fsp3) is 0.286. The Hall–Kier alpha value is -1.81. The number of imidazole rings is 1. The lowest BCUT2D eigenvalue weighted by Crippen LogP contribution is -2.03. The van der Waals surface area contributed by atoms with Crippen molar-refractivity contribution in [3.63, 3.8) is 0 Å². The molecule has 4 nitrogen and oxygen atoms in total. The zero-order chi connectivity index (χ0) is 14.2. The Morgan fingerprint density at radius 3 is 2.63 bits per heavy atom. The summed E-state index contributed by atoms with van der Waals surface area (Å²) in [6.45, 7) is 5.71. The van der Waals surface area contributed by atoms with E-state index in [1.54, 1.807) is 12.4 Å². The predicted octanol–water partition coefficient (Wildman–Crippen LogP) is 3.11. The molecule has 0 bridgehead atoms. The van der Waals surface area contributed by atoms with Crippen LogP contribution in [0.1, 0.15) is 34.2 Å². The lowest BCUT2D eigenvalue weighted by molar-refractivity contribution is 0.101. The summed E-state index contributed by atoms with van der Waals surface area (Å²) >= 11 is 5.99. The maximum atomic E-state index is 11.5. The minimum absolute atomic E-state index is 0.0114. The van der Waals surface area contributed by atoms with E-state index in [-0.39, 0.29) is 17.1 Å². The number of hydrogen-bond acceptors (Lipinski definition) is 3. The van der Waals surface area contributed by atoms with Crippen molar-refractivity contribution in [1.29, 1.82) is 0 Å². The number of carbonyl (C=O) groups is 1. The van der Waals surface area contributed by atoms with Gasteiger partial charge in [0.05, 0.1) is 24.1 Å².